The maximum Gasteiger partial charge on any atom is 0.257 e. The van der Waals surface area contributed by atoms with Crippen LogP contribution >= 0.6 is 34.8 Å². The molecule has 22 heavy (non-hydrogen) atoms. The third kappa shape index (κ3) is 5.38. The second kappa shape index (κ2) is 8.66. The SMILES string of the molecule is O=C(COc1cc(Cl)c(Cl)cc1Cl)NCCC1=CCCCC1. The molecule has 1 aliphatic carbocycles. The molecule has 0 heterocycles. The Morgan fingerprint density at radius 2 is 1.91 bits per heavy atom. The van der Waals surface area contributed by atoms with E-state index in [1.165, 1.54) is 30.5 Å². The maximum absolute atomic E-state index is 11.8. The Balaban J connectivity index is 1.73. The van der Waals surface area contributed by atoms with Crippen LogP contribution < -0.4 is 10.1 Å². The van der Waals surface area contributed by atoms with Gasteiger partial charge in [-0.15, -0.1) is 0 Å². The average Bonchev–Trinajstić information content (AvgIpc) is 2.50. The van der Waals surface area contributed by atoms with E-state index in [4.69, 9.17) is 39.5 Å². The van der Waals surface area contributed by atoms with Crippen molar-refractivity contribution >= 4 is 40.7 Å². The third-order valence-corrected chi connectivity index (χ3v) is 4.50. The molecule has 1 N–H and O–H groups in total. The summed E-state index contributed by atoms with van der Waals surface area (Å²) in [6.45, 7) is 0.528. The van der Waals surface area contributed by atoms with Crippen molar-refractivity contribution in [2.75, 3.05) is 13.2 Å². The van der Waals surface area contributed by atoms with Gasteiger partial charge in [-0.2, -0.15) is 0 Å². The van der Waals surface area contributed by atoms with Crippen LogP contribution in [0.5, 0.6) is 5.75 Å². The monoisotopic (exact) mass is 361 g/mol. The first kappa shape index (κ1) is 17.5. The molecule has 6 heteroatoms. The second-order valence-corrected chi connectivity index (χ2v) is 6.42. The molecule has 0 aromatic heterocycles. The molecule has 0 radical (unpaired) electrons. The molecule has 0 saturated heterocycles. The highest BCUT2D eigenvalue weighted by molar-refractivity contribution is 6.43. The molecule has 0 bridgehead atoms. The zero-order valence-corrected chi connectivity index (χ0v) is 14.4. The van der Waals surface area contributed by atoms with Crippen LogP contribution in [-0.2, 0) is 4.79 Å². The minimum absolute atomic E-state index is 0.100. The van der Waals surface area contributed by atoms with Gasteiger partial charge in [0.2, 0.25) is 0 Å². The van der Waals surface area contributed by atoms with Crippen molar-refractivity contribution < 1.29 is 9.53 Å². The Morgan fingerprint density at radius 1 is 1.14 bits per heavy atom. The van der Waals surface area contributed by atoms with Gasteiger partial charge in [-0.05, 0) is 38.2 Å². The van der Waals surface area contributed by atoms with Gasteiger partial charge in [-0.25, -0.2) is 0 Å². The van der Waals surface area contributed by atoms with Crippen LogP contribution in [0.25, 0.3) is 0 Å². The Bertz CT molecular complexity index is 573. The summed E-state index contributed by atoms with van der Waals surface area (Å²) in [5.41, 5.74) is 1.43. The van der Waals surface area contributed by atoms with Crippen LogP contribution in [-0.4, -0.2) is 19.1 Å². The summed E-state index contributed by atoms with van der Waals surface area (Å²) in [7, 11) is 0. The van der Waals surface area contributed by atoms with Gasteiger partial charge in [0, 0.05) is 12.6 Å². The van der Waals surface area contributed by atoms with Crippen molar-refractivity contribution in [2.24, 2.45) is 0 Å². The van der Waals surface area contributed by atoms with Crippen LogP contribution in [0.4, 0.5) is 0 Å². The zero-order chi connectivity index (χ0) is 15.9. The largest absolute Gasteiger partial charge is 0.482 e. The molecular weight excluding hydrogens is 345 g/mol. The summed E-state index contributed by atoms with van der Waals surface area (Å²) in [6.07, 6.45) is 8.00. The standard InChI is InChI=1S/C16H18Cl3NO2/c17-12-8-14(19)15(9-13(12)18)22-10-16(21)20-7-6-11-4-2-1-3-5-11/h4,8-9H,1-3,5-7,10H2,(H,20,21). The summed E-state index contributed by atoms with van der Waals surface area (Å²) in [5, 5.41) is 3.86. The van der Waals surface area contributed by atoms with Gasteiger partial charge in [0.1, 0.15) is 5.75 Å². The van der Waals surface area contributed by atoms with Crippen molar-refractivity contribution in [1.82, 2.24) is 5.32 Å². The molecule has 120 valence electrons. The Morgan fingerprint density at radius 3 is 2.64 bits per heavy atom. The average molecular weight is 363 g/mol. The van der Waals surface area contributed by atoms with Gasteiger partial charge < -0.3 is 10.1 Å². The summed E-state index contributed by atoms with van der Waals surface area (Å²) in [6, 6.07) is 3.00. The number of halogens is 3. The number of ether oxygens (including phenoxy) is 1. The lowest BCUT2D eigenvalue weighted by atomic mass is 9.97. The number of carbonyl (C=O) groups is 1. The van der Waals surface area contributed by atoms with Crippen LogP contribution in [0.15, 0.2) is 23.8 Å². The number of amides is 1. The topological polar surface area (TPSA) is 38.3 Å². The Kier molecular flexibility index (Phi) is 6.87. The fraction of sp³-hybridized carbons (Fsp3) is 0.438. The smallest absolute Gasteiger partial charge is 0.257 e. The van der Waals surface area contributed by atoms with Crippen LogP contribution in [0.2, 0.25) is 15.1 Å². The molecule has 0 unspecified atom stereocenters. The van der Waals surface area contributed by atoms with Gasteiger partial charge in [-0.3, -0.25) is 4.79 Å². The van der Waals surface area contributed by atoms with Crippen molar-refractivity contribution in [3.05, 3.63) is 38.8 Å². The predicted molar refractivity (Wildman–Crippen MR) is 91.1 cm³/mol. The first-order valence-electron chi connectivity index (χ1n) is 7.28. The number of benzene rings is 1. The van der Waals surface area contributed by atoms with E-state index < -0.39 is 0 Å². The van der Waals surface area contributed by atoms with Crippen LogP contribution in [0.3, 0.4) is 0 Å². The van der Waals surface area contributed by atoms with Crippen molar-refractivity contribution in [3.8, 4) is 5.75 Å². The molecule has 1 aromatic rings. The lowest BCUT2D eigenvalue weighted by Gasteiger charge is -2.13. The van der Waals surface area contributed by atoms with Gasteiger partial charge in [0.25, 0.3) is 5.91 Å². The van der Waals surface area contributed by atoms with E-state index in [-0.39, 0.29) is 12.5 Å². The zero-order valence-electron chi connectivity index (χ0n) is 12.1. The molecule has 0 spiro atoms. The molecule has 0 atom stereocenters. The third-order valence-electron chi connectivity index (χ3n) is 3.49. The van der Waals surface area contributed by atoms with E-state index in [2.05, 4.69) is 11.4 Å². The van der Waals surface area contributed by atoms with Crippen molar-refractivity contribution in [3.63, 3.8) is 0 Å². The predicted octanol–water partition coefficient (Wildman–Crippen LogP) is 5.03. The molecule has 1 aliphatic rings. The minimum atomic E-state index is -0.182. The van der Waals surface area contributed by atoms with Gasteiger partial charge in [0.15, 0.2) is 6.61 Å². The van der Waals surface area contributed by atoms with Crippen LogP contribution in [0, 0.1) is 0 Å². The van der Waals surface area contributed by atoms with E-state index in [1.807, 2.05) is 0 Å². The molecule has 1 aromatic carbocycles. The Hall–Kier alpha value is -0.900. The number of carbonyl (C=O) groups excluding carboxylic acids is 1. The van der Waals surface area contributed by atoms with E-state index >= 15 is 0 Å². The van der Waals surface area contributed by atoms with E-state index in [9.17, 15) is 4.79 Å². The fourth-order valence-corrected chi connectivity index (χ4v) is 2.89. The molecule has 3 nitrogen and oxygen atoms in total. The Labute approximate surface area is 145 Å². The summed E-state index contributed by atoms with van der Waals surface area (Å²) >= 11 is 17.7. The van der Waals surface area contributed by atoms with E-state index in [0.29, 0.717) is 27.4 Å². The number of allylic oxidation sites excluding steroid dienone is 1. The first-order chi connectivity index (χ1) is 10.6. The van der Waals surface area contributed by atoms with Crippen molar-refractivity contribution in [2.45, 2.75) is 32.1 Å². The minimum Gasteiger partial charge on any atom is -0.482 e. The van der Waals surface area contributed by atoms with E-state index in [1.54, 1.807) is 0 Å². The summed E-state index contributed by atoms with van der Waals surface area (Å²) < 4.78 is 5.38. The normalized spacial score (nSPS) is 14.4. The molecule has 0 fully saturated rings. The highest BCUT2D eigenvalue weighted by Gasteiger charge is 2.10. The second-order valence-electron chi connectivity index (χ2n) is 5.19. The van der Waals surface area contributed by atoms with Gasteiger partial charge in [0.05, 0.1) is 15.1 Å². The molecule has 0 aliphatic heterocycles. The number of nitrogens with one attached hydrogen (secondary N) is 1. The quantitative estimate of drug-likeness (QED) is 0.569. The highest BCUT2D eigenvalue weighted by Crippen LogP contribution is 2.33. The lowest BCUT2D eigenvalue weighted by molar-refractivity contribution is -0.123. The van der Waals surface area contributed by atoms with E-state index in [0.717, 1.165) is 19.3 Å². The maximum atomic E-state index is 11.8. The molecule has 2 rings (SSSR count). The summed E-state index contributed by atoms with van der Waals surface area (Å²) in [4.78, 5) is 11.8. The highest BCUT2D eigenvalue weighted by atomic mass is 35.5. The van der Waals surface area contributed by atoms with Gasteiger partial charge in [-0.1, -0.05) is 46.5 Å². The molecule has 0 saturated carbocycles. The molecular formula is C16H18Cl3NO2. The van der Waals surface area contributed by atoms with Crippen LogP contribution in [0.1, 0.15) is 32.1 Å². The van der Waals surface area contributed by atoms with Crippen molar-refractivity contribution in [1.29, 1.82) is 0 Å². The number of rotatable bonds is 6. The number of hydrogen-bond acceptors (Lipinski definition) is 2. The first-order valence-corrected chi connectivity index (χ1v) is 8.41. The molecule has 1 amide bonds. The van der Waals surface area contributed by atoms with Gasteiger partial charge >= 0.3 is 0 Å². The number of hydrogen-bond donors (Lipinski definition) is 1. The summed E-state index contributed by atoms with van der Waals surface area (Å²) in [5.74, 6) is 0.166. The fourth-order valence-electron chi connectivity index (χ4n) is 2.30. The lowest BCUT2D eigenvalue weighted by Crippen LogP contribution is -2.30.